The Balaban J connectivity index is 1.16. The zero-order chi connectivity index (χ0) is 46.0. The van der Waals surface area contributed by atoms with Gasteiger partial charge in [0.1, 0.15) is 11.6 Å². The fraction of sp³-hybridized carbons (Fsp3) is 0.0625. The first-order valence-electron chi connectivity index (χ1n) is 23.2. The maximum Gasteiger partial charge on any atom is 0.104 e. The van der Waals surface area contributed by atoms with Gasteiger partial charge in [-0.2, -0.15) is 5.26 Å². The molecule has 0 N–H and O–H groups in total. The highest BCUT2D eigenvalue weighted by atomic mass is 15.0. The molecule has 4 nitrogen and oxygen atoms in total. The number of hydrogen-bond acceptors (Lipinski definition) is 2. The molecule has 0 saturated heterocycles. The highest BCUT2D eigenvalue weighted by Crippen LogP contribution is 2.43. The molecular weight excluding hydrogens is 825 g/mol. The monoisotopic (exact) mass is 870 g/mol. The van der Waals surface area contributed by atoms with E-state index in [0.717, 1.165) is 111 Å². The first-order chi connectivity index (χ1) is 33.3. The molecule has 12 rings (SSSR count). The van der Waals surface area contributed by atoms with Crippen LogP contribution in [0.3, 0.4) is 0 Å². The number of aromatic nitrogens is 3. The lowest BCUT2D eigenvalue weighted by molar-refractivity contribution is 1.12. The second-order valence-corrected chi connectivity index (χ2v) is 18.3. The van der Waals surface area contributed by atoms with Crippen molar-refractivity contribution < 1.29 is 0 Å². The molecule has 9 aromatic carbocycles. The molecule has 0 atom stereocenters. The van der Waals surface area contributed by atoms with E-state index in [1.54, 1.807) is 0 Å². The molecule has 0 aliphatic rings. The average molecular weight is 871 g/mol. The van der Waals surface area contributed by atoms with E-state index in [4.69, 9.17) is 0 Å². The minimum Gasteiger partial charge on any atom is -0.308 e. The summed E-state index contributed by atoms with van der Waals surface area (Å²) in [5.41, 5.74) is 22.3. The van der Waals surface area contributed by atoms with Gasteiger partial charge in [-0.1, -0.05) is 150 Å². The molecule has 0 unspecified atom stereocenters. The van der Waals surface area contributed by atoms with Crippen molar-refractivity contribution in [1.82, 2.24) is 14.1 Å². The third-order valence-electron chi connectivity index (χ3n) is 13.8. The molecule has 0 saturated carbocycles. The fourth-order valence-corrected chi connectivity index (χ4v) is 10.0. The molecule has 0 aliphatic heterocycles. The van der Waals surface area contributed by atoms with Crippen LogP contribution in [-0.2, 0) is 0 Å². The van der Waals surface area contributed by atoms with E-state index >= 15 is 0 Å². The van der Waals surface area contributed by atoms with Crippen LogP contribution in [0.2, 0.25) is 0 Å². The van der Waals surface area contributed by atoms with Crippen LogP contribution < -0.4 is 0 Å². The van der Waals surface area contributed by atoms with Crippen molar-refractivity contribution in [3.8, 4) is 73.1 Å². The van der Waals surface area contributed by atoms with Crippen molar-refractivity contribution in [2.45, 2.75) is 27.7 Å². The van der Waals surface area contributed by atoms with Gasteiger partial charge < -0.3 is 9.13 Å². The first kappa shape index (κ1) is 40.7. The van der Waals surface area contributed by atoms with Gasteiger partial charge in [-0.15, -0.1) is 0 Å². The number of pyridine rings is 1. The predicted molar refractivity (Wildman–Crippen MR) is 284 cm³/mol. The molecule has 0 radical (unpaired) electrons. The molecule has 0 spiro atoms. The zero-order valence-corrected chi connectivity index (χ0v) is 38.4. The lowest BCUT2D eigenvalue weighted by atomic mass is 9.99. The third kappa shape index (κ3) is 6.96. The summed E-state index contributed by atoms with van der Waals surface area (Å²) < 4.78 is 4.62. The largest absolute Gasteiger partial charge is 0.308 e. The summed E-state index contributed by atoms with van der Waals surface area (Å²) in [7, 11) is 0. The summed E-state index contributed by atoms with van der Waals surface area (Å²) >= 11 is 0. The van der Waals surface area contributed by atoms with Gasteiger partial charge in [-0.3, -0.25) is 4.98 Å². The first-order valence-corrected chi connectivity index (χ1v) is 23.2. The molecule has 68 heavy (non-hydrogen) atoms. The Hall–Kier alpha value is -8.78. The van der Waals surface area contributed by atoms with Crippen molar-refractivity contribution in [2.24, 2.45) is 0 Å². The van der Waals surface area contributed by atoms with Gasteiger partial charge >= 0.3 is 0 Å². The van der Waals surface area contributed by atoms with E-state index in [0.29, 0.717) is 5.56 Å². The predicted octanol–water partition coefficient (Wildman–Crippen LogP) is 16.7. The van der Waals surface area contributed by atoms with Crippen LogP contribution in [0, 0.1) is 39.0 Å². The Kier molecular flexibility index (Phi) is 9.74. The summed E-state index contributed by atoms with van der Waals surface area (Å²) in [4.78, 5) is 4.59. The van der Waals surface area contributed by atoms with Crippen molar-refractivity contribution in [3.63, 3.8) is 0 Å². The fourth-order valence-electron chi connectivity index (χ4n) is 10.0. The lowest BCUT2D eigenvalue weighted by Crippen LogP contribution is -2.05. The standard InChI is InChI=1S/C64H46N4/c1-40-7-15-44(16-8-40)48-23-27-59-54(32-48)55-33-49(45-17-9-41(2)10-18-45)24-28-60(55)67(59)63-36-53(52-6-5-31-66-39-52)37-64(58(63)38-65)68-61-29-25-50(46-19-11-42(3)12-20-46)34-56(61)57-35-51(26-30-62(57)68)47-21-13-43(4)14-22-47/h5-37,39H,1-4H3. The highest BCUT2D eigenvalue weighted by molar-refractivity contribution is 6.14. The van der Waals surface area contributed by atoms with Crippen LogP contribution in [0.15, 0.2) is 207 Å². The molecule has 3 aromatic heterocycles. The van der Waals surface area contributed by atoms with Crippen LogP contribution in [0.5, 0.6) is 0 Å². The van der Waals surface area contributed by atoms with Crippen molar-refractivity contribution in [3.05, 3.63) is 234 Å². The minimum absolute atomic E-state index is 0.575. The molecule has 3 heterocycles. The summed E-state index contributed by atoms with van der Waals surface area (Å²) in [6, 6.07) is 73.2. The second-order valence-electron chi connectivity index (χ2n) is 18.3. The molecule has 0 amide bonds. The lowest BCUT2D eigenvalue weighted by Gasteiger charge is -2.18. The van der Waals surface area contributed by atoms with E-state index < -0.39 is 0 Å². The number of hydrogen-bond donors (Lipinski definition) is 0. The molecule has 0 fully saturated rings. The summed E-state index contributed by atoms with van der Waals surface area (Å²) in [5.74, 6) is 0. The van der Waals surface area contributed by atoms with Crippen LogP contribution in [0.1, 0.15) is 27.8 Å². The molecular formula is C64H46N4. The number of benzene rings is 9. The molecule has 322 valence electrons. The molecule has 12 aromatic rings. The van der Waals surface area contributed by atoms with Crippen LogP contribution in [0.25, 0.3) is 111 Å². The SMILES string of the molecule is Cc1ccc(-c2ccc3c(c2)c2cc(-c4ccc(C)cc4)ccc2n3-c2cc(-c3cccnc3)cc(-n3c4ccc(-c5ccc(C)cc5)cc4c4cc(-c5ccc(C)cc5)ccc43)c2C#N)cc1. The van der Waals surface area contributed by atoms with E-state index in [2.05, 4.69) is 236 Å². The van der Waals surface area contributed by atoms with Gasteiger partial charge in [0.25, 0.3) is 0 Å². The third-order valence-corrected chi connectivity index (χ3v) is 13.8. The molecule has 4 heteroatoms. The summed E-state index contributed by atoms with van der Waals surface area (Å²) in [6.07, 6.45) is 3.72. The normalized spacial score (nSPS) is 11.5. The van der Waals surface area contributed by atoms with Crippen molar-refractivity contribution in [2.75, 3.05) is 0 Å². The Bertz CT molecular complexity index is 3520. The van der Waals surface area contributed by atoms with E-state index in [-0.39, 0.29) is 0 Å². The Morgan fingerprint density at radius 2 is 0.647 bits per heavy atom. The number of rotatable bonds is 7. The topological polar surface area (TPSA) is 46.5 Å². The highest BCUT2D eigenvalue weighted by Gasteiger charge is 2.24. The summed E-state index contributed by atoms with van der Waals surface area (Å²) in [6.45, 7) is 8.49. The molecule has 0 aliphatic carbocycles. The van der Waals surface area contributed by atoms with Gasteiger partial charge in [0.2, 0.25) is 0 Å². The number of fused-ring (bicyclic) bond motifs is 6. The number of nitriles is 1. The maximum atomic E-state index is 11.7. The number of nitrogens with zero attached hydrogens (tertiary/aromatic N) is 4. The average Bonchev–Trinajstić information content (AvgIpc) is 3.88. The van der Waals surface area contributed by atoms with E-state index in [9.17, 15) is 5.26 Å². The number of aryl methyl sites for hydroxylation is 4. The zero-order valence-electron chi connectivity index (χ0n) is 38.4. The Morgan fingerprint density at radius 1 is 0.338 bits per heavy atom. The smallest absolute Gasteiger partial charge is 0.104 e. The molecule has 0 bridgehead atoms. The van der Waals surface area contributed by atoms with Crippen LogP contribution in [-0.4, -0.2) is 14.1 Å². The Labute approximate surface area is 396 Å². The second kappa shape index (κ2) is 16.3. The minimum atomic E-state index is 0.575. The van der Waals surface area contributed by atoms with Crippen LogP contribution >= 0.6 is 0 Å². The summed E-state index contributed by atoms with van der Waals surface area (Å²) in [5, 5.41) is 16.2. The van der Waals surface area contributed by atoms with Gasteiger partial charge in [-0.25, -0.2) is 0 Å². The Morgan fingerprint density at radius 3 is 0.926 bits per heavy atom. The quantitative estimate of drug-likeness (QED) is 0.160. The van der Waals surface area contributed by atoms with Gasteiger partial charge in [0, 0.05) is 39.5 Å². The van der Waals surface area contributed by atoms with Crippen molar-refractivity contribution >= 4 is 43.6 Å². The maximum absolute atomic E-state index is 11.7. The van der Waals surface area contributed by atoms with E-state index in [1.165, 1.54) is 22.3 Å². The van der Waals surface area contributed by atoms with Crippen LogP contribution in [0.4, 0.5) is 0 Å². The van der Waals surface area contributed by atoms with Crippen molar-refractivity contribution in [1.29, 1.82) is 5.26 Å². The van der Waals surface area contributed by atoms with Gasteiger partial charge in [0.05, 0.1) is 33.4 Å². The van der Waals surface area contributed by atoms with Gasteiger partial charge in [0.15, 0.2) is 0 Å². The van der Waals surface area contributed by atoms with Gasteiger partial charge in [-0.05, 0) is 144 Å². The van der Waals surface area contributed by atoms with E-state index in [1.807, 2.05) is 18.5 Å².